The molecule has 0 aromatic heterocycles. The van der Waals surface area contributed by atoms with Gasteiger partial charge in [0.1, 0.15) is 5.54 Å². The molecule has 0 saturated heterocycles. The lowest BCUT2D eigenvalue weighted by atomic mass is 9.95. The van der Waals surface area contributed by atoms with Crippen molar-refractivity contribution in [3.8, 4) is 0 Å². The number of hydrogen-bond acceptors (Lipinski definition) is 3. The third kappa shape index (κ3) is 7.34. The average Bonchev–Trinajstić information content (AvgIpc) is 2.23. The van der Waals surface area contributed by atoms with Gasteiger partial charge in [0.25, 0.3) is 0 Å². The van der Waals surface area contributed by atoms with E-state index in [1.807, 2.05) is 6.92 Å². The molecule has 0 saturated carbocycles. The molecule has 0 aromatic carbocycles. The summed E-state index contributed by atoms with van der Waals surface area (Å²) in [6.45, 7) is 10.1. The highest BCUT2D eigenvalue weighted by atomic mass is 16.5. The molecule has 0 amide bonds. The van der Waals surface area contributed by atoms with Gasteiger partial charge >= 0.3 is 5.97 Å². The minimum atomic E-state index is -0.799. The van der Waals surface area contributed by atoms with E-state index >= 15 is 0 Å². The van der Waals surface area contributed by atoms with Gasteiger partial charge in [0.05, 0.1) is 0 Å². The number of carboxylic acid groups (broad SMARTS) is 1. The molecule has 0 bridgehead atoms. The number of unbranched alkanes of at least 4 members (excludes halogenated alkanes) is 1. The third-order valence-electron chi connectivity index (χ3n) is 2.71. The summed E-state index contributed by atoms with van der Waals surface area (Å²) >= 11 is 0. The molecule has 102 valence electrons. The lowest BCUT2D eigenvalue weighted by molar-refractivity contribution is -0.144. The van der Waals surface area contributed by atoms with Gasteiger partial charge in [0.2, 0.25) is 0 Å². The second kappa shape index (κ2) is 8.48. The summed E-state index contributed by atoms with van der Waals surface area (Å²) in [7, 11) is 0. The number of likely N-dealkylation sites (N-methyl/N-ethyl adjacent to an activating group) is 1. The maximum atomic E-state index is 11.1. The molecular weight excluding hydrogens is 218 g/mol. The van der Waals surface area contributed by atoms with Gasteiger partial charge in [-0.25, -0.2) is 0 Å². The molecule has 17 heavy (non-hydrogen) atoms. The predicted molar refractivity (Wildman–Crippen MR) is 69.2 cm³/mol. The zero-order valence-electron chi connectivity index (χ0n) is 11.6. The molecule has 4 nitrogen and oxygen atoms in total. The first-order valence-electron chi connectivity index (χ1n) is 6.48. The van der Waals surface area contributed by atoms with E-state index in [1.54, 1.807) is 6.92 Å². The lowest BCUT2D eigenvalue weighted by Crippen LogP contribution is -2.49. The molecule has 2 N–H and O–H groups in total. The summed E-state index contributed by atoms with van der Waals surface area (Å²) in [4.78, 5) is 11.1. The summed E-state index contributed by atoms with van der Waals surface area (Å²) in [6, 6.07) is 0. The van der Waals surface area contributed by atoms with Crippen LogP contribution >= 0.6 is 0 Å². The van der Waals surface area contributed by atoms with E-state index in [1.165, 1.54) is 0 Å². The molecule has 1 unspecified atom stereocenters. The highest BCUT2D eigenvalue weighted by Crippen LogP contribution is 2.14. The van der Waals surface area contributed by atoms with E-state index in [2.05, 4.69) is 19.2 Å². The van der Waals surface area contributed by atoms with Crippen LogP contribution in [0.25, 0.3) is 0 Å². The molecular formula is C13H27NO3. The van der Waals surface area contributed by atoms with Crippen LogP contribution in [0.3, 0.4) is 0 Å². The normalized spacial score (nSPS) is 14.9. The number of carboxylic acids is 1. The van der Waals surface area contributed by atoms with Gasteiger partial charge in [-0.2, -0.15) is 0 Å². The molecule has 0 aliphatic rings. The molecule has 4 heteroatoms. The number of ether oxygens (including phenoxy) is 1. The monoisotopic (exact) mass is 245 g/mol. The quantitative estimate of drug-likeness (QED) is 0.580. The Kier molecular flexibility index (Phi) is 8.17. The highest BCUT2D eigenvalue weighted by molar-refractivity contribution is 5.78. The lowest BCUT2D eigenvalue weighted by Gasteiger charge is -2.25. The van der Waals surface area contributed by atoms with Crippen LogP contribution in [-0.2, 0) is 9.53 Å². The van der Waals surface area contributed by atoms with Crippen LogP contribution in [0.4, 0.5) is 0 Å². The van der Waals surface area contributed by atoms with Crippen LogP contribution in [-0.4, -0.2) is 36.4 Å². The fraction of sp³-hybridized carbons (Fsp3) is 0.923. The van der Waals surface area contributed by atoms with Gasteiger partial charge in [0.15, 0.2) is 0 Å². The van der Waals surface area contributed by atoms with Crippen molar-refractivity contribution < 1.29 is 14.6 Å². The fourth-order valence-corrected chi connectivity index (χ4v) is 1.66. The van der Waals surface area contributed by atoms with Crippen LogP contribution in [0.5, 0.6) is 0 Å². The van der Waals surface area contributed by atoms with Gasteiger partial charge in [-0.3, -0.25) is 4.79 Å². The molecule has 0 aliphatic carbocycles. The van der Waals surface area contributed by atoms with E-state index in [4.69, 9.17) is 9.84 Å². The van der Waals surface area contributed by atoms with E-state index in [9.17, 15) is 4.79 Å². The van der Waals surface area contributed by atoms with Gasteiger partial charge in [0, 0.05) is 13.2 Å². The Balaban J connectivity index is 3.73. The molecule has 0 rings (SSSR count). The maximum Gasteiger partial charge on any atom is 0.323 e. The summed E-state index contributed by atoms with van der Waals surface area (Å²) in [6.07, 6.45) is 2.43. The van der Waals surface area contributed by atoms with Crippen LogP contribution in [0, 0.1) is 5.92 Å². The molecule has 0 spiro atoms. The van der Waals surface area contributed by atoms with E-state index in [0.717, 1.165) is 26.1 Å². The summed E-state index contributed by atoms with van der Waals surface area (Å²) < 4.78 is 5.46. The molecule has 0 heterocycles. The first kappa shape index (κ1) is 16.4. The van der Waals surface area contributed by atoms with Crippen LogP contribution in [0.2, 0.25) is 0 Å². The second-order valence-electron chi connectivity index (χ2n) is 5.09. The van der Waals surface area contributed by atoms with Crippen molar-refractivity contribution in [2.45, 2.75) is 52.5 Å². The van der Waals surface area contributed by atoms with E-state index < -0.39 is 11.5 Å². The van der Waals surface area contributed by atoms with Crippen molar-refractivity contribution in [2.75, 3.05) is 19.8 Å². The Bertz CT molecular complexity index is 219. The summed E-state index contributed by atoms with van der Waals surface area (Å²) in [5.41, 5.74) is -0.799. The second-order valence-corrected chi connectivity index (χ2v) is 5.09. The Morgan fingerprint density at radius 2 is 2.06 bits per heavy atom. The first-order chi connectivity index (χ1) is 7.92. The van der Waals surface area contributed by atoms with Gasteiger partial charge in [-0.15, -0.1) is 0 Å². The van der Waals surface area contributed by atoms with Gasteiger partial charge in [-0.1, -0.05) is 20.8 Å². The Labute approximate surface area is 105 Å². The van der Waals surface area contributed by atoms with Crippen LogP contribution < -0.4 is 5.32 Å². The smallest absolute Gasteiger partial charge is 0.323 e. The zero-order chi connectivity index (χ0) is 13.3. The molecule has 0 fully saturated rings. The molecule has 1 atom stereocenters. The largest absolute Gasteiger partial charge is 0.480 e. The topological polar surface area (TPSA) is 58.6 Å². The van der Waals surface area contributed by atoms with Crippen molar-refractivity contribution in [3.63, 3.8) is 0 Å². The van der Waals surface area contributed by atoms with Gasteiger partial charge in [-0.05, 0) is 38.6 Å². The van der Waals surface area contributed by atoms with Crippen molar-refractivity contribution in [2.24, 2.45) is 5.92 Å². The van der Waals surface area contributed by atoms with E-state index in [0.29, 0.717) is 18.9 Å². The molecule has 0 aromatic rings. The Morgan fingerprint density at radius 1 is 1.41 bits per heavy atom. The minimum absolute atomic E-state index is 0.557. The maximum absolute atomic E-state index is 11.1. The van der Waals surface area contributed by atoms with E-state index in [-0.39, 0.29) is 0 Å². The zero-order valence-corrected chi connectivity index (χ0v) is 11.6. The summed E-state index contributed by atoms with van der Waals surface area (Å²) in [5.74, 6) is -0.219. The molecule has 0 radical (unpaired) electrons. The SMILES string of the molecule is CCNC(C)(CCCCOCC(C)C)C(=O)O. The van der Waals surface area contributed by atoms with Crippen molar-refractivity contribution in [1.82, 2.24) is 5.32 Å². The minimum Gasteiger partial charge on any atom is -0.480 e. The number of aliphatic carboxylic acids is 1. The van der Waals surface area contributed by atoms with Crippen molar-refractivity contribution in [1.29, 1.82) is 0 Å². The first-order valence-corrected chi connectivity index (χ1v) is 6.48. The van der Waals surface area contributed by atoms with Crippen molar-refractivity contribution in [3.05, 3.63) is 0 Å². The Hall–Kier alpha value is -0.610. The molecule has 0 aliphatic heterocycles. The van der Waals surface area contributed by atoms with Gasteiger partial charge < -0.3 is 15.2 Å². The third-order valence-corrected chi connectivity index (χ3v) is 2.71. The van der Waals surface area contributed by atoms with Crippen LogP contribution in [0.15, 0.2) is 0 Å². The number of carbonyl (C=O) groups is 1. The predicted octanol–water partition coefficient (Wildman–Crippen LogP) is 2.28. The Morgan fingerprint density at radius 3 is 2.53 bits per heavy atom. The number of rotatable bonds is 10. The number of hydrogen-bond donors (Lipinski definition) is 2. The highest BCUT2D eigenvalue weighted by Gasteiger charge is 2.30. The van der Waals surface area contributed by atoms with Crippen LogP contribution in [0.1, 0.15) is 47.0 Å². The standard InChI is InChI=1S/C13H27NO3/c1-5-14-13(4,12(15)16)8-6-7-9-17-10-11(2)3/h11,14H,5-10H2,1-4H3,(H,15,16). The average molecular weight is 245 g/mol. The summed E-state index contributed by atoms with van der Waals surface area (Å²) in [5, 5.41) is 12.2. The fourth-order valence-electron chi connectivity index (χ4n) is 1.66. The number of nitrogens with one attached hydrogen (secondary N) is 1. The van der Waals surface area contributed by atoms with Crippen molar-refractivity contribution >= 4 is 5.97 Å².